The van der Waals surface area contributed by atoms with Gasteiger partial charge in [-0.1, -0.05) is 18.2 Å². The van der Waals surface area contributed by atoms with Gasteiger partial charge in [-0.15, -0.1) is 11.3 Å². The van der Waals surface area contributed by atoms with E-state index in [1.807, 2.05) is 0 Å². The molecule has 0 amide bonds. The number of thiazole rings is 1. The van der Waals surface area contributed by atoms with Crippen molar-refractivity contribution < 1.29 is 17.7 Å². The normalized spacial score (nSPS) is 11.4. The molecule has 0 fully saturated rings. The molecule has 0 aliphatic heterocycles. The number of nitro benzene ring substituents is 1. The minimum absolute atomic E-state index is 0.0807. The first kappa shape index (κ1) is 19.1. The Labute approximate surface area is 158 Å². The minimum atomic E-state index is -3.87. The quantitative estimate of drug-likeness (QED) is 0.478. The number of rotatable bonds is 7. The summed E-state index contributed by atoms with van der Waals surface area (Å²) in [6.07, 6.45) is 0.333. The molecular formula is C17H14FN3O4S2. The molecule has 0 aliphatic carbocycles. The summed E-state index contributed by atoms with van der Waals surface area (Å²) in [5.74, 6) is -0.353. The van der Waals surface area contributed by atoms with Gasteiger partial charge in [0.25, 0.3) is 5.69 Å². The van der Waals surface area contributed by atoms with E-state index in [4.69, 9.17) is 0 Å². The lowest BCUT2D eigenvalue weighted by Crippen LogP contribution is -2.26. The topological polar surface area (TPSA) is 102 Å². The fourth-order valence-electron chi connectivity index (χ4n) is 2.34. The molecule has 3 aromatic rings. The Kier molecular flexibility index (Phi) is 5.59. The second-order valence-electron chi connectivity index (χ2n) is 5.56. The third kappa shape index (κ3) is 4.73. The lowest BCUT2D eigenvalue weighted by atomic mass is 10.2. The Morgan fingerprint density at radius 1 is 1.19 bits per heavy atom. The molecule has 2 aromatic carbocycles. The van der Waals surface area contributed by atoms with Gasteiger partial charge in [-0.2, -0.15) is 0 Å². The maximum absolute atomic E-state index is 13.3. The molecule has 0 aliphatic rings. The molecule has 1 aromatic heterocycles. The van der Waals surface area contributed by atoms with E-state index in [1.54, 1.807) is 17.5 Å². The maximum atomic E-state index is 13.3. The van der Waals surface area contributed by atoms with E-state index >= 15 is 0 Å². The number of halogens is 1. The summed E-state index contributed by atoms with van der Waals surface area (Å²) in [6, 6.07) is 10.9. The van der Waals surface area contributed by atoms with Crippen molar-refractivity contribution in [1.29, 1.82) is 0 Å². The van der Waals surface area contributed by atoms with Gasteiger partial charge in [0.1, 0.15) is 10.8 Å². The third-order valence-electron chi connectivity index (χ3n) is 3.64. The van der Waals surface area contributed by atoms with E-state index in [1.165, 1.54) is 41.7 Å². The number of benzene rings is 2. The van der Waals surface area contributed by atoms with E-state index in [9.17, 15) is 22.9 Å². The predicted molar refractivity (Wildman–Crippen MR) is 99.5 cm³/mol. The van der Waals surface area contributed by atoms with Gasteiger partial charge in [-0.3, -0.25) is 10.1 Å². The molecule has 0 radical (unpaired) electrons. The van der Waals surface area contributed by atoms with Crippen molar-refractivity contribution in [3.8, 4) is 10.6 Å². The van der Waals surface area contributed by atoms with Crippen molar-refractivity contribution in [3.05, 3.63) is 75.5 Å². The maximum Gasteiger partial charge on any atom is 0.270 e. The first-order valence-corrected chi connectivity index (χ1v) is 10.2. The highest BCUT2D eigenvalue weighted by molar-refractivity contribution is 7.89. The standard InChI is InChI=1S/C17H14FN3O4S2/c18-13-4-1-3-12(9-13)17-20-14(11-26-17)7-8-19-27(24,25)16-6-2-5-15(10-16)21(22)23/h1-6,9-11,19H,7-8H2. The van der Waals surface area contributed by atoms with Crippen LogP contribution in [0, 0.1) is 15.9 Å². The molecule has 0 saturated carbocycles. The lowest BCUT2D eigenvalue weighted by molar-refractivity contribution is -0.385. The van der Waals surface area contributed by atoms with Gasteiger partial charge in [0.2, 0.25) is 10.0 Å². The van der Waals surface area contributed by atoms with E-state index in [2.05, 4.69) is 9.71 Å². The van der Waals surface area contributed by atoms with Gasteiger partial charge >= 0.3 is 0 Å². The smallest absolute Gasteiger partial charge is 0.258 e. The molecule has 10 heteroatoms. The van der Waals surface area contributed by atoms with Crippen molar-refractivity contribution >= 4 is 27.0 Å². The zero-order valence-electron chi connectivity index (χ0n) is 13.8. The fraction of sp³-hybridized carbons (Fsp3) is 0.118. The van der Waals surface area contributed by atoms with Crippen LogP contribution in [0.15, 0.2) is 58.8 Å². The summed E-state index contributed by atoms with van der Waals surface area (Å²) in [4.78, 5) is 14.3. The summed E-state index contributed by atoms with van der Waals surface area (Å²) >= 11 is 1.34. The second-order valence-corrected chi connectivity index (χ2v) is 8.18. The molecule has 0 saturated heterocycles. The van der Waals surface area contributed by atoms with Gasteiger partial charge in [-0.25, -0.2) is 22.5 Å². The number of non-ortho nitro benzene ring substituents is 1. The first-order valence-electron chi connectivity index (χ1n) is 7.79. The number of hydrogen-bond donors (Lipinski definition) is 1. The summed E-state index contributed by atoms with van der Waals surface area (Å²) in [6.45, 7) is 0.0807. The summed E-state index contributed by atoms with van der Waals surface area (Å²) in [7, 11) is -3.87. The Morgan fingerprint density at radius 2 is 1.96 bits per heavy atom. The monoisotopic (exact) mass is 407 g/mol. The number of sulfonamides is 1. The van der Waals surface area contributed by atoms with Gasteiger partial charge < -0.3 is 0 Å². The van der Waals surface area contributed by atoms with Crippen LogP contribution in [0.5, 0.6) is 0 Å². The molecule has 140 valence electrons. The fourth-order valence-corrected chi connectivity index (χ4v) is 4.26. The zero-order chi connectivity index (χ0) is 19.4. The molecule has 27 heavy (non-hydrogen) atoms. The number of nitrogens with zero attached hydrogens (tertiary/aromatic N) is 2. The highest BCUT2D eigenvalue weighted by Crippen LogP contribution is 2.24. The summed E-state index contributed by atoms with van der Waals surface area (Å²) in [5.41, 5.74) is 1.03. The van der Waals surface area contributed by atoms with Crippen LogP contribution in [0.2, 0.25) is 0 Å². The van der Waals surface area contributed by atoms with Crippen molar-refractivity contribution in [1.82, 2.24) is 9.71 Å². The largest absolute Gasteiger partial charge is 0.270 e. The van der Waals surface area contributed by atoms with Crippen LogP contribution in [0.25, 0.3) is 10.6 Å². The van der Waals surface area contributed by atoms with E-state index in [-0.39, 0.29) is 22.9 Å². The highest BCUT2D eigenvalue weighted by Gasteiger charge is 2.17. The minimum Gasteiger partial charge on any atom is -0.258 e. The van der Waals surface area contributed by atoms with E-state index in [0.29, 0.717) is 22.7 Å². The molecule has 0 spiro atoms. The average Bonchev–Trinajstić information content (AvgIpc) is 3.10. The Balaban J connectivity index is 1.64. The van der Waals surface area contributed by atoms with Crippen molar-refractivity contribution in [2.75, 3.05) is 6.54 Å². The molecular weight excluding hydrogens is 393 g/mol. The summed E-state index contributed by atoms with van der Waals surface area (Å²) < 4.78 is 40.2. The molecule has 1 N–H and O–H groups in total. The van der Waals surface area contributed by atoms with Crippen molar-refractivity contribution in [2.45, 2.75) is 11.3 Å². The Hall–Kier alpha value is -2.69. The molecule has 1 heterocycles. The number of nitro groups is 1. The molecule has 0 unspecified atom stereocenters. The van der Waals surface area contributed by atoms with Crippen LogP contribution in [-0.4, -0.2) is 24.9 Å². The molecule has 3 rings (SSSR count). The van der Waals surface area contributed by atoms with E-state index < -0.39 is 14.9 Å². The highest BCUT2D eigenvalue weighted by atomic mass is 32.2. The van der Waals surface area contributed by atoms with Crippen LogP contribution in [-0.2, 0) is 16.4 Å². The van der Waals surface area contributed by atoms with E-state index in [0.717, 1.165) is 6.07 Å². The van der Waals surface area contributed by atoms with Crippen molar-refractivity contribution in [2.24, 2.45) is 0 Å². The average molecular weight is 407 g/mol. The van der Waals surface area contributed by atoms with Gasteiger partial charge in [0.05, 0.1) is 15.5 Å². The molecule has 0 atom stereocenters. The third-order valence-corrected chi connectivity index (χ3v) is 6.03. The SMILES string of the molecule is O=[N+]([O-])c1cccc(S(=O)(=O)NCCc2csc(-c3cccc(F)c3)n2)c1. The predicted octanol–water partition coefficient (Wildman–Crippen LogP) is 3.38. The van der Waals surface area contributed by atoms with Crippen molar-refractivity contribution in [3.63, 3.8) is 0 Å². The number of aromatic nitrogens is 1. The van der Waals surface area contributed by atoms with Crippen LogP contribution < -0.4 is 4.72 Å². The molecule has 7 nitrogen and oxygen atoms in total. The van der Waals surface area contributed by atoms with Gasteiger partial charge in [0, 0.05) is 36.0 Å². The van der Waals surface area contributed by atoms with Crippen LogP contribution in [0.3, 0.4) is 0 Å². The van der Waals surface area contributed by atoms with Crippen LogP contribution >= 0.6 is 11.3 Å². The summed E-state index contributed by atoms with van der Waals surface area (Å²) in [5, 5.41) is 13.2. The molecule has 0 bridgehead atoms. The van der Waals surface area contributed by atoms with Gasteiger partial charge in [-0.05, 0) is 18.2 Å². The van der Waals surface area contributed by atoms with Crippen LogP contribution in [0.4, 0.5) is 10.1 Å². The number of hydrogen-bond acceptors (Lipinski definition) is 6. The Morgan fingerprint density at radius 3 is 2.70 bits per heavy atom. The first-order chi connectivity index (χ1) is 12.8. The van der Waals surface area contributed by atoms with Crippen LogP contribution in [0.1, 0.15) is 5.69 Å². The zero-order valence-corrected chi connectivity index (χ0v) is 15.5. The Bertz CT molecular complexity index is 1080. The second kappa shape index (κ2) is 7.91. The number of nitrogens with one attached hydrogen (secondary N) is 1. The van der Waals surface area contributed by atoms with Gasteiger partial charge in [0.15, 0.2) is 0 Å². The lowest BCUT2D eigenvalue weighted by Gasteiger charge is -2.05.